The van der Waals surface area contributed by atoms with Crippen molar-refractivity contribution in [3.8, 4) is 5.75 Å². The molecule has 0 spiro atoms. The summed E-state index contributed by atoms with van der Waals surface area (Å²) < 4.78 is 46.6. The molecule has 1 saturated carbocycles. The highest BCUT2D eigenvalue weighted by Gasteiger charge is 2.63. The van der Waals surface area contributed by atoms with Crippen LogP contribution in [-0.4, -0.2) is 40.2 Å². The van der Waals surface area contributed by atoms with Crippen LogP contribution < -0.4 is 4.74 Å². The number of hydrogen-bond donors (Lipinski definition) is 1. The van der Waals surface area contributed by atoms with Gasteiger partial charge in [-0.25, -0.2) is 0 Å². The van der Waals surface area contributed by atoms with Gasteiger partial charge in [0.1, 0.15) is 5.75 Å². The highest BCUT2D eigenvalue weighted by atomic mass is 35.5. The summed E-state index contributed by atoms with van der Waals surface area (Å²) in [4.78, 5) is 12.6. The third kappa shape index (κ3) is 5.01. The van der Waals surface area contributed by atoms with Gasteiger partial charge < -0.3 is 9.84 Å². The van der Waals surface area contributed by atoms with Crippen LogP contribution >= 0.6 is 11.6 Å². The van der Waals surface area contributed by atoms with Gasteiger partial charge in [0.05, 0.1) is 12.1 Å². The fourth-order valence-corrected chi connectivity index (χ4v) is 4.44. The topological polar surface area (TPSA) is 62.1 Å². The number of alkyl halides is 3. The maximum atomic E-state index is 13.7. The Morgan fingerprint density at radius 3 is 2.33 bits per heavy atom. The van der Waals surface area contributed by atoms with Crippen molar-refractivity contribution in [2.24, 2.45) is 5.10 Å². The zero-order chi connectivity index (χ0) is 23.6. The zero-order valence-electron chi connectivity index (χ0n) is 17.8. The molecule has 9 heteroatoms. The van der Waals surface area contributed by atoms with Crippen LogP contribution in [0.25, 0.3) is 0 Å². The van der Waals surface area contributed by atoms with E-state index in [1.807, 2.05) is 12.1 Å². The Morgan fingerprint density at radius 2 is 1.73 bits per heavy atom. The lowest BCUT2D eigenvalue weighted by Gasteiger charge is -2.32. The predicted molar refractivity (Wildman–Crippen MR) is 118 cm³/mol. The lowest BCUT2D eigenvalue weighted by molar-refractivity contribution is -0.302. The highest BCUT2D eigenvalue weighted by molar-refractivity contribution is 6.30. The molecule has 1 aliphatic carbocycles. The third-order valence-corrected chi connectivity index (χ3v) is 6.42. The minimum Gasteiger partial charge on any atom is -0.484 e. The molecule has 2 aromatic rings. The quantitative estimate of drug-likeness (QED) is 0.601. The van der Waals surface area contributed by atoms with Gasteiger partial charge in [-0.15, -0.1) is 0 Å². The number of aliphatic hydroxyl groups is 1. The van der Waals surface area contributed by atoms with Crippen LogP contribution in [-0.2, 0) is 4.79 Å². The van der Waals surface area contributed by atoms with E-state index in [4.69, 9.17) is 16.3 Å². The van der Waals surface area contributed by atoms with Crippen LogP contribution in [0.4, 0.5) is 13.2 Å². The van der Waals surface area contributed by atoms with Crippen molar-refractivity contribution < 1.29 is 27.8 Å². The van der Waals surface area contributed by atoms with Crippen LogP contribution in [0.2, 0.25) is 5.02 Å². The molecule has 1 amide bonds. The van der Waals surface area contributed by atoms with E-state index in [0.29, 0.717) is 22.3 Å². The first-order valence-electron chi connectivity index (χ1n) is 10.9. The number of benzene rings is 2. The molecule has 2 aliphatic rings. The van der Waals surface area contributed by atoms with Crippen LogP contribution in [0.3, 0.4) is 0 Å². The van der Waals surface area contributed by atoms with Crippen molar-refractivity contribution in [1.82, 2.24) is 5.01 Å². The molecule has 4 rings (SSSR count). The fourth-order valence-electron chi connectivity index (χ4n) is 4.31. The molecule has 176 valence electrons. The first-order chi connectivity index (χ1) is 15.7. The van der Waals surface area contributed by atoms with E-state index < -0.39 is 30.8 Å². The number of hydrogen-bond acceptors (Lipinski definition) is 4. The molecule has 1 atom stereocenters. The number of ether oxygens (including phenoxy) is 1. The average Bonchev–Trinajstić information content (AvgIpc) is 3.18. The van der Waals surface area contributed by atoms with Gasteiger partial charge in [-0.05, 0) is 54.2 Å². The Labute approximate surface area is 194 Å². The molecule has 1 fully saturated rings. The zero-order valence-corrected chi connectivity index (χ0v) is 18.6. The number of hydrazone groups is 1. The SMILES string of the molecule is O=C(COc1ccc(C2CCCCC2)cc1)N1N=C(c2ccc(Cl)cc2)C[C@]1(O)C(F)(F)F. The van der Waals surface area contributed by atoms with E-state index in [1.54, 1.807) is 12.1 Å². The van der Waals surface area contributed by atoms with Crippen molar-refractivity contribution in [2.45, 2.75) is 56.3 Å². The normalized spacial score (nSPS) is 21.7. The number of amides is 1. The van der Waals surface area contributed by atoms with E-state index >= 15 is 0 Å². The van der Waals surface area contributed by atoms with Crippen molar-refractivity contribution in [3.63, 3.8) is 0 Å². The smallest absolute Gasteiger partial charge is 0.438 e. The largest absolute Gasteiger partial charge is 0.484 e. The van der Waals surface area contributed by atoms with E-state index in [0.717, 1.165) is 12.8 Å². The summed E-state index contributed by atoms with van der Waals surface area (Å²) in [6, 6.07) is 13.2. The van der Waals surface area contributed by atoms with Crippen LogP contribution in [0.5, 0.6) is 5.75 Å². The maximum Gasteiger partial charge on any atom is 0.438 e. The summed E-state index contributed by atoms with van der Waals surface area (Å²) in [5.41, 5.74) is -2.00. The molecule has 0 unspecified atom stereocenters. The van der Waals surface area contributed by atoms with Gasteiger partial charge >= 0.3 is 6.18 Å². The molecule has 1 aliphatic heterocycles. The molecule has 1 heterocycles. The third-order valence-electron chi connectivity index (χ3n) is 6.17. The lowest BCUT2D eigenvalue weighted by Crippen LogP contribution is -2.57. The van der Waals surface area contributed by atoms with Crippen LogP contribution in [0, 0.1) is 0 Å². The van der Waals surface area contributed by atoms with Gasteiger partial charge in [0, 0.05) is 5.02 Å². The molecule has 5 nitrogen and oxygen atoms in total. The highest BCUT2D eigenvalue weighted by Crippen LogP contribution is 2.41. The Morgan fingerprint density at radius 1 is 1.09 bits per heavy atom. The van der Waals surface area contributed by atoms with Gasteiger partial charge in [-0.1, -0.05) is 55.1 Å². The molecule has 33 heavy (non-hydrogen) atoms. The number of carbonyl (C=O) groups excluding carboxylic acids is 1. The second kappa shape index (κ2) is 9.35. The van der Waals surface area contributed by atoms with Gasteiger partial charge in [-0.2, -0.15) is 23.3 Å². The van der Waals surface area contributed by atoms with Crippen molar-refractivity contribution in [3.05, 3.63) is 64.7 Å². The second-order valence-corrected chi connectivity index (χ2v) is 8.88. The molecule has 0 aromatic heterocycles. The van der Waals surface area contributed by atoms with Crippen LogP contribution in [0.15, 0.2) is 53.6 Å². The van der Waals surface area contributed by atoms with Gasteiger partial charge in [0.15, 0.2) is 6.61 Å². The monoisotopic (exact) mass is 480 g/mol. The number of carbonyl (C=O) groups is 1. The molecule has 0 radical (unpaired) electrons. The number of rotatable bonds is 5. The molecule has 2 aromatic carbocycles. The summed E-state index contributed by atoms with van der Waals surface area (Å²) in [5, 5.41) is 14.7. The molecular weight excluding hydrogens is 457 g/mol. The Bertz CT molecular complexity index is 1020. The van der Waals surface area contributed by atoms with E-state index in [2.05, 4.69) is 5.10 Å². The summed E-state index contributed by atoms with van der Waals surface area (Å²) in [6.07, 6.45) is -0.0677. The molecule has 0 bridgehead atoms. The molecule has 0 saturated heterocycles. The standard InChI is InChI=1S/C24H24ClF3N2O3/c25-19-10-6-18(7-11-19)21-14-23(32,24(26,27)28)30(29-21)22(31)15-33-20-12-8-17(9-13-20)16-4-2-1-3-5-16/h6-13,16,32H,1-5,14-15H2/t23-/m0/s1. The van der Waals surface area contributed by atoms with E-state index in [-0.39, 0.29) is 10.7 Å². The summed E-state index contributed by atoms with van der Waals surface area (Å²) in [5.74, 6) is -0.240. The Hall–Kier alpha value is -2.58. The van der Waals surface area contributed by atoms with E-state index in [1.165, 1.54) is 49.1 Å². The lowest BCUT2D eigenvalue weighted by atomic mass is 9.84. The summed E-state index contributed by atoms with van der Waals surface area (Å²) >= 11 is 5.83. The van der Waals surface area contributed by atoms with E-state index in [9.17, 15) is 23.1 Å². The second-order valence-electron chi connectivity index (χ2n) is 8.44. The van der Waals surface area contributed by atoms with Gasteiger partial charge in [0.25, 0.3) is 11.6 Å². The Balaban J connectivity index is 1.47. The number of halogens is 4. The summed E-state index contributed by atoms with van der Waals surface area (Å²) in [6.45, 7) is -0.696. The van der Waals surface area contributed by atoms with Crippen molar-refractivity contribution in [2.75, 3.05) is 6.61 Å². The van der Waals surface area contributed by atoms with Gasteiger partial charge in [0.2, 0.25) is 0 Å². The predicted octanol–water partition coefficient (Wildman–Crippen LogP) is 5.65. The first-order valence-corrected chi connectivity index (χ1v) is 11.2. The minimum absolute atomic E-state index is 0.0725. The van der Waals surface area contributed by atoms with Crippen LogP contribution in [0.1, 0.15) is 55.6 Å². The maximum absolute atomic E-state index is 13.7. The number of nitrogens with zero attached hydrogens (tertiary/aromatic N) is 2. The fraction of sp³-hybridized carbons (Fsp3) is 0.417. The van der Waals surface area contributed by atoms with Crippen molar-refractivity contribution >= 4 is 23.2 Å². The molecular formula is C24H24ClF3N2O3. The van der Waals surface area contributed by atoms with Gasteiger partial charge in [-0.3, -0.25) is 4.79 Å². The van der Waals surface area contributed by atoms with Crippen molar-refractivity contribution in [1.29, 1.82) is 0 Å². The average molecular weight is 481 g/mol. The molecule has 1 N–H and O–H groups in total. The Kier molecular flexibility index (Phi) is 6.68. The first kappa shape index (κ1) is 23.6. The summed E-state index contributed by atoms with van der Waals surface area (Å²) in [7, 11) is 0. The minimum atomic E-state index is -5.11.